The van der Waals surface area contributed by atoms with E-state index in [-0.39, 0.29) is 0 Å². The molecule has 0 spiro atoms. The average molecular weight is 284 g/mol. The highest BCUT2D eigenvalue weighted by atomic mass is 31.1. The van der Waals surface area contributed by atoms with E-state index in [0.717, 1.165) is 0 Å². The molecule has 0 amide bonds. The van der Waals surface area contributed by atoms with Crippen LogP contribution < -0.4 is 0 Å². The molecule has 9 heteroatoms. The summed E-state index contributed by atoms with van der Waals surface area (Å²) in [6, 6.07) is 0. The third-order valence-electron chi connectivity index (χ3n) is 1.94. The predicted octanol–water partition coefficient (Wildman–Crippen LogP) is 3.15. The minimum absolute atomic E-state index is 0.975. The molecule has 0 saturated carbocycles. The Morgan fingerprint density at radius 3 is 1.65 bits per heavy atom. The third-order valence-corrected chi connectivity index (χ3v) is 3.70. The van der Waals surface area contributed by atoms with E-state index in [1.165, 1.54) is 6.92 Å². The number of ether oxygens (including phenoxy) is 1. The number of carbonyl (C=O) groups is 1. The molecule has 17 heavy (non-hydrogen) atoms. The molecule has 1 unspecified atom stereocenters. The van der Waals surface area contributed by atoms with Crippen LogP contribution in [0.5, 0.6) is 0 Å². The summed E-state index contributed by atoms with van der Waals surface area (Å²) in [4.78, 5) is 11.1. The molecular weight excluding hydrogens is 273 g/mol. The normalized spacial score (nSPS) is 15.2. The van der Waals surface area contributed by atoms with Gasteiger partial charge in [-0.3, -0.25) is 4.79 Å². The quantitative estimate of drug-likeness (QED) is 0.452. The lowest BCUT2D eigenvalue weighted by Crippen LogP contribution is -2.46. The second-order valence-electron chi connectivity index (χ2n) is 3.54. The third kappa shape index (κ3) is 5.10. The topological polar surface area (TPSA) is 26.3 Å². The van der Waals surface area contributed by atoms with Crippen LogP contribution in [0.15, 0.2) is 0 Å². The molecule has 0 aliphatic carbocycles. The van der Waals surface area contributed by atoms with Gasteiger partial charge in [-0.05, 0) is 20.3 Å². The van der Waals surface area contributed by atoms with Gasteiger partial charge in [0.05, 0.1) is 5.66 Å². The van der Waals surface area contributed by atoms with Crippen LogP contribution in [0.3, 0.4) is 0 Å². The lowest BCUT2D eigenvalue weighted by atomic mass is 10.3. The Morgan fingerprint density at radius 1 is 1.06 bits per heavy atom. The van der Waals surface area contributed by atoms with Crippen LogP contribution >= 0.6 is 7.92 Å². The summed E-state index contributed by atoms with van der Waals surface area (Å²) >= 11 is 0. The molecule has 102 valence electrons. The smallest absolute Gasteiger partial charge is 0.434 e. The zero-order valence-corrected chi connectivity index (χ0v) is 10.1. The van der Waals surface area contributed by atoms with E-state index >= 15 is 0 Å². The van der Waals surface area contributed by atoms with Crippen molar-refractivity contribution in [2.75, 3.05) is 13.3 Å². The Bertz CT molecular complexity index is 258. The number of halogens is 6. The number of hydrogen-bond acceptors (Lipinski definition) is 2. The highest BCUT2D eigenvalue weighted by Gasteiger charge is 2.60. The van der Waals surface area contributed by atoms with E-state index in [1.54, 1.807) is 13.3 Å². The van der Waals surface area contributed by atoms with Crippen molar-refractivity contribution in [3.8, 4) is 0 Å². The van der Waals surface area contributed by atoms with Gasteiger partial charge >= 0.3 is 18.3 Å². The minimum atomic E-state index is -5.65. The summed E-state index contributed by atoms with van der Waals surface area (Å²) in [6.07, 6.45) is -15.4. The van der Waals surface area contributed by atoms with Gasteiger partial charge in [0.2, 0.25) is 0 Å². The molecule has 0 bridgehead atoms. The molecule has 0 heterocycles. The largest absolute Gasteiger partial charge is 0.442 e. The van der Waals surface area contributed by atoms with Crippen molar-refractivity contribution in [3.05, 3.63) is 0 Å². The number of rotatable bonds is 3. The number of alkyl halides is 6. The van der Waals surface area contributed by atoms with Crippen molar-refractivity contribution >= 4 is 13.9 Å². The number of carbonyl (C=O) groups excluding carboxylic acids is 1. The summed E-state index contributed by atoms with van der Waals surface area (Å²) in [5.41, 5.74) is -0.975. The first-order valence-electron chi connectivity index (χ1n) is 4.37. The molecule has 0 fully saturated rings. The fourth-order valence-corrected chi connectivity index (χ4v) is 1.23. The standard InChI is InChI=1S/C8H11F6O2P/c1-4(17(2)3)5(15)16-6(7(9,10)11)8(12,13)14/h4,6H,1-3H3. The van der Waals surface area contributed by atoms with Gasteiger partial charge in [0, 0.05) is 0 Å². The molecule has 2 nitrogen and oxygen atoms in total. The average Bonchev–Trinajstić information content (AvgIpc) is 2.08. The predicted molar refractivity (Wildman–Crippen MR) is 50.2 cm³/mol. The molecule has 0 aliphatic heterocycles. The maximum absolute atomic E-state index is 12.0. The Morgan fingerprint density at radius 2 is 1.41 bits per heavy atom. The molecule has 0 N–H and O–H groups in total. The van der Waals surface area contributed by atoms with E-state index < -0.39 is 38.0 Å². The van der Waals surface area contributed by atoms with Crippen LogP contribution in [-0.4, -0.2) is 43.4 Å². The maximum atomic E-state index is 12.0. The highest BCUT2D eigenvalue weighted by molar-refractivity contribution is 7.57. The SMILES string of the molecule is CC(C(=O)OC(C(F)(F)F)C(F)(F)F)P(C)C. The van der Waals surface area contributed by atoms with Gasteiger partial charge in [-0.25, -0.2) is 0 Å². The van der Waals surface area contributed by atoms with Crippen molar-refractivity contribution in [1.82, 2.24) is 0 Å². The first-order chi connectivity index (χ1) is 7.37. The number of hydrogen-bond donors (Lipinski definition) is 0. The van der Waals surface area contributed by atoms with Crippen molar-refractivity contribution in [2.45, 2.75) is 31.0 Å². The van der Waals surface area contributed by atoms with Gasteiger partial charge in [-0.15, -0.1) is 0 Å². The van der Waals surface area contributed by atoms with E-state index in [2.05, 4.69) is 4.74 Å². The lowest BCUT2D eigenvalue weighted by molar-refractivity contribution is -0.313. The first-order valence-corrected chi connectivity index (χ1v) is 6.68. The van der Waals surface area contributed by atoms with Crippen molar-refractivity contribution in [2.24, 2.45) is 0 Å². The van der Waals surface area contributed by atoms with Crippen molar-refractivity contribution in [1.29, 1.82) is 0 Å². The second kappa shape index (κ2) is 5.42. The summed E-state index contributed by atoms with van der Waals surface area (Å²) < 4.78 is 75.8. The van der Waals surface area contributed by atoms with Gasteiger partial charge in [0.1, 0.15) is 0 Å². The van der Waals surface area contributed by atoms with Gasteiger partial charge in [-0.1, -0.05) is 7.92 Å². The van der Waals surface area contributed by atoms with Crippen LogP contribution in [0, 0.1) is 0 Å². The van der Waals surface area contributed by atoms with Gasteiger partial charge in [-0.2, -0.15) is 26.3 Å². The molecule has 0 saturated heterocycles. The van der Waals surface area contributed by atoms with Crippen molar-refractivity contribution in [3.63, 3.8) is 0 Å². The Balaban J connectivity index is 4.86. The molecular formula is C8H11F6O2P. The van der Waals surface area contributed by atoms with Gasteiger partial charge in [0.25, 0.3) is 6.10 Å². The zero-order valence-electron chi connectivity index (χ0n) is 9.19. The molecule has 1 atom stereocenters. The highest BCUT2D eigenvalue weighted by Crippen LogP contribution is 2.38. The van der Waals surface area contributed by atoms with Gasteiger partial charge in [0.15, 0.2) is 0 Å². The molecule has 0 rings (SSSR count). The minimum Gasteiger partial charge on any atom is -0.442 e. The molecule has 0 aromatic rings. The van der Waals surface area contributed by atoms with Crippen LogP contribution in [0.2, 0.25) is 0 Å². The summed E-state index contributed by atoms with van der Waals surface area (Å²) in [5.74, 6) is -1.49. The van der Waals surface area contributed by atoms with E-state index in [9.17, 15) is 31.1 Å². The Kier molecular flexibility index (Phi) is 5.25. The fourth-order valence-electron chi connectivity index (χ4n) is 0.745. The van der Waals surface area contributed by atoms with Crippen molar-refractivity contribution < 1.29 is 35.9 Å². The summed E-state index contributed by atoms with van der Waals surface area (Å²) in [5, 5.41) is 0. The van der Waals surface area contributed by atoms with Crippen LogP contribution in [0.4, 0.5) is 26.3 Å². The van der Waals surface area contributed by atoms with Gasteiger partial charge < -0.3 is 4.74 Å². The zero-order chi connectivity index (χ0) is 14.0. The lowest BCUT2D eigenvalue weighted by Gasteiger charge is -2.25. The fraction of sp³-hybridized carbons (Fsp3) is 0.875. The Labute approximate surface area is 95.1 Å². The molecule has 0 radical (unpaired) electrons. The monoisotopic (exact) mass is 284 g/mol. The van der Waals surface area contributed by atoms with E-state index in [4.69, 9.17) is 0 Å². The first kappa shape index (κ1) is 16.5. The Hall–Kier alpha value is -0.520. The summed E-state index contributed by atoms with van der Waals surface area (Å²) in [7, 11) is -1.01. The van der Waals surface area contributed by atoms with E-state index in [1.807, 2.05) is 0 Å². The molecule has 0 aromatic heterocycles. The summed E-state index contributed by atoms with van der Waals surface area (Å²) in [6.45, 7) is 4.34. The maximum Gasteiger partial charge on any atom is 0.434 e. The molecule has 0 aliphatic rings. The number of esters is 1. The van der Waals surface area contributed by atoms with Crippen LogP contribution in [-0.2, 0) is 9.53 Å². The van der Waals surface area contributed by atoms with Crippen LogP contribution in [0.1, 0.15) is 6.92 Å². The van der Waals surface area contributed by atoms with Crippen LogP contribution in [0.25, 0.3) is 0 Å². The van der Waals surface area contributed by atoms with E-state index in [0.29, 0.717) is 0 Å². The second-order valence-corrected chi connectivity index (χ2v) is 6.24. The molecule has 0 aromatic carbocycles.